The third kappa shape index (κ3) is 8.40. The van der Waals surface area contributed by atoms with Crippen molar-refractivity contribution >= 4 is 33.6 Å². The molecule has 234 valence electrons. The molecule has 1 aliphatic heterocycles. The molecule has 12 nitrogen and oxygen atoms in total. The van der Waals surface area contributed by atoms with E-state index in [1.807, 2.05) is 25.1 Å². The van der Waals surface area contributed by atoms with Crippen LogP contribution >= 0.6 is 0 Å². The molecule has 1 aromatic heterocycles. The van der Waals surface area contributed by atoms with Gasteiger partial charge >= 0.3 is 5.97 Å². The van der Waals surface area contributed by atoms with Crippen LogP contribution in [0.2, 0.25) is 0 Å². The number of aryl methyl sites for hydroxylation is 3. The number of ether oxygens (including phenoxy) is 1. The van der Waals surface area contributed by atoms with Crippen LogP contribution in [0.1, 0.15) is 33.5 Å². The van der Waals surface area contributed by atoms with Gasteiger partial charge in [-0.2, -0.15) is 4.72 Å². The Bertz CT molecular complexity index is 1560. The number of nitrogens with zero attached hydrogens (tertiary/aromatic N) is 2. The summed E-state index contributed by atoms with van der Waals surface area (Å²) in [4.78, 5) is 43.8. The van der Waals surface area contributed by atoms with Gasteiger partial charge in [0.15, 0.2) is 0 Å². The molecule has 0 radical (unpaired) electrons. The zero-order valence-corrected chi connectivity index (χ0v) is 25.6. The minimum Gasteiger partial charge on any atom is -0.480 e. The maximum atomic E-state index is 13.3. The largest absolute Gasteiger partial charge is 0.480 e. The molecule has 4 N–H and O–H groups in total. The summed E-state index contributed by atoms with van der Waals surface area (Å²) in [6, 6.07) is 15.9. The molecular weight excluding hydrogens is 586 g/mol. The molecule has 13 heteroatoms. The van der Waals surface area contributed by atoms with Crippen LogP contribution in [0.25, 0.3) is 0 Å². The number of rotatable bonds is 13. The number of pyridine rings is 1. The molecule has 1 fully saturated rings. The van der Waals surface area contributed by atoms with E-state index in [0.717, 1.165) is 5.56 Å². The number of aromatic nitrogens is 1. The quantitative estimate of drug-likeness (QED) is 0.223. The Kier molecular flexibility index (Phi) is 10.7. The van der Waals surface area contributed by atoms with E-state index < -0.39 is 47.2 Å². The second kappa shape index (κ2) is 14.4. The van der Waals surface area contributed by atoms with Crippen LogP contribution in [0.4, 0.5) is 5.82 Å². The molecule has 0 bridgehead atoms. The van der Waals surface area contributed by atoms with Crippen molar-refractivity contribution in [1.29, 1.82) is 0 Å². The molecule has 0 spiro atoms. The van der Waals surface area contributed by atoms with E-state index in [1.165, 1.54) is 0 Å². The Labute approximate surface area is 256 Å². The lowest BCUT2D eigenvalue weighted by Crippen LogP contribution is -2.49. The highest BCUT2D eigenvalue weighted by atomic mass is 32.2. The van der Waals surface area contributed by atoms with Crippen LogP contribution in [0.5, 0.6) is 0 Å². The van der Waals surface area contributed by atoms with E-state index in [1.54, 1.807) is 67.4 Å². The smallest absolute Gasteiger partial charge is 0.323 e. The van der Waals surface area contributed by atoms with Gasteiger partial charge in [0, 0.05) is 31.4 Å². The van der Waals surface area contributed by atoms with Gasteiger partial charge in [-0.15, -0.1) is 0 Å². The van der Waals surface area contributed by atoms with E-state index >= 15 is 0 Å². The number of anilines is 1. The van der Waals surface area contributed by atoms with Crippen molar-refractivity contribution in [2.75, 3.05) is 31.6 Å². The summed E-state index contributed by atoms with van der Waals surface area (Å²) in [6.07, 6.45) is 1.67. The number of hydrogen-bond donors (Lipinski definition) is 4. The SMILES string of the molecule is Cc1cc(C)c(S(=O)(=O)NC(CNC(=O)COC2CC(CNc3ccccn3)N(C(=O)c3ccccc3)C2)C(=O)O)c(C)c1. The standard InChI is InChI=1S/C31H37N5O7S/c1-20-13-21(2)29(22(3)14-20)44(41,42)35-26(31(39)40)17-34-28(37)19-43-25-15-24(16-33-27-11-7-8-12-32-27)36(18-25)30(38)23-9-5-4-6-10-23/h4-14,24-26,35H,15-19H2,1-3H3,(H,32,33)(H,34,37)(H,39,40). The highest BCUT2D eigenvalue weighted by Gasteiger charge is 2.36. The van der Waals surface area contributed by atoms with E-state index in [9.17, 15) is 27.9 Å². The van der Waals surface area contributed by atoms with Crippen molar-refractivity contribution in [3.63, 3.8) is 0 Å². The summed E-state index contributed by atoms with van der Waals surface area (Å²) >= 11 is 0. The maximum Gasteiger partial charge on any atom is 0.323 e. The number of amides is 2. The number of likely N-dealkylation sites (tertiary alicyclic amines) is 1. The van der Waals surface area contributed by atoms with Gasteiger partial charge in [0.25, 0.3) is 5.91 Å². The second-order valence-corrected chi connectivity index (χ2v) is 12.4. The molecule has 4 rings (SSSR count). The van der Waals surface area contributed by atoms with Gasteiger partial charge in [-0.25, -0.2) is 13.4 Å². The third-order valence-electron chi connectivity index (χ3n) is 7.26. The number of hydrogen-bond acceptors (Lipinski definition) is 8. The summed E-state index contributed by atoms with van der Waals surface area (Å²) in [7, 11) is -4.19. The monoisotopic (exact) mass is 623 g/mol. The molecule has 44 heavy (non-hydrogen) atoms. The molecular formula is C31H37N5O7S. The summed E-state index contributed by atoms with van der Waals surface area (Å²) in [5, 5.41) is 15.3. The number of carboxylic acid groups (broad SMARTS) is 1. The third-order valence-corrected chi connectivity index (χ3v) is 9.04. The molecule has 2 amide bonds. The Morgan fingerprint density at radius 2 is 1.73 bits per heavy atom. The predicted molar refractivity (Wildman–Crippen MR) is 164 cm³/mol. The molecule has 0 aliphatic carbocycles. The van der Waals surface area contributed by atoms with Crippen LogP contribution in [0.15, 0.2) is 71.8 Å². The highest BCUT2D eigenvalue weighted by molar-refractivity contribution is 7.89. The average Bonchev–Trinajstić information content (AvgIpc) is 3.40. The predicted octanol–water partition coefficient (Wildman–Crippen LogP) is 2.27. The highest BCUT2D eigenvalue weighted by Crippen LogP contribution is 2.24. The Balaban J connectivity index is 1.34. The van der Waals surface area contributed by atoms with Crippen molar-refractivity contribution < 1.29 is 32.6 Å². The molecule has 1 aliphatic rings. The van der Waals surface area contributed by atoms with Gasteiger partial charge < -0.3 is 25.4 Å². The second-order valence-electron chi connectivity index (χ2n) is 10.8. The van der Waals surface area contributed by atoms with E-state index in [4.69, 9.17) is 4.74 Å². The van der Waals surface area contributed by atoms with Crippen molar-refractivity contribution in [3.8, 4) is 0 Å². The number of benzene rings is 2. The lowest BCUT2D eigenvalue weighted by molar-refractivity contribution is -0.139. The molecule has 2 aromatic carbocycles. The summed E-state index contributed by atoms with van der Waals surface area (Å²) in [5.74, 6) is -1.55. The number of nitrogens with one attached hydrogen (secondary N) is 3. The van der Waals surface area contributed by atoms with Gasteiger partial charge in [-0.3, -0.25) is 14.4 Å². The zero-order chi connectivity index (χ0) is 31.9. The van der Waals surface area contributed by atoms with Gasteiger partial charge in [0.2, 0.25) is 15.9 Å². The normalized spacial score (nSPS) is 17.2. The first-order valence-corrected chi connectivity index (χ1v) is 15.6. The van der Waals surface area contributed by atoms with Crippen molar-refractivity contribution in [1.82, 2.24) is 19.9 Å². The molecule has 3 atom stereocenters. The van der Waals surface area contributed by atoms with Gasteiger partial charge in [0.05, 0.1) is 17.0 Å². The first-order chi connectivity index (χ1) is 20.9. The van der Waals surface area contributed by atoms with Gasteiger partial charge in [-0.05, 0) is 62.6 Å². The van der Waals surface area contributed by atoms with E-state index in [0.29, 0.717) is 35.5 Å². The lowest BCUT2D eigenvalue weighted by atomic mass is 10.1. The fourth-order valence-corrected chi connectivity index (χ4v) is 6.99. The number of aliphatic carboxylic acids is 1. The minimum atomic E-state index is -4.19. The number of carbonyl (C=O) groups is 3. The van der Waals surface area contributed by atoms with Crippen molar-refractivity contribution in [2.45, 2.75) is 50.3 Å². The summed E-state index contributed by atoms with van der Waals surface area (Å²) < 4.78 is 34.1. The Hall–Kier alpha value is -4.33. The molecule has 3 unspecified atom stereocenters. The number of sulfonamides is 1. The average molecular weight is 624 g/mol. The summed E-state index contributed by atoms with van der Waals surface area (Å²) in [6.45, 7) is 4.91. The van der Waals surface area contributed by atoms with Crippen LogP contribution in [0, 0.1) is 20.8 Å². The molecule has 1 saturated heterocycles. The van der Waals surface area contributed by atoms with Crippen LogP contribution in [0.3, 0.4) is 0 Å². The summed E-state index contributed by atoms with van der Waals surface area (Å²) in [5.41, 5.74) is 2.39. The first kappa shape index (κ1) is 32.6. The maximum absolute atomic E-state index is 13.3. The zero-order valence-electron chi connectivity index (χ0n) is 24.8. The minimum absolute atomic E-state index is 0.00642. The Morgan fingerprint density at radius 1 is 1.05 bits per heavy atom. The first-order valence-electron chi connectivity index (χ1n) is 14.2. The van der Waals surface area contributed by atoms with E-state index in [2.05, 4.69) is 20.3 Å². The topological polar surface area (TPSA) is 167 Å². The van der Waals surface area contributed by atoms with E-state index in [-0.39, 0.29) is 23.4 Å². The lowest BCUT2D eigenvalue weighted by Gasteiger charge is -2.25. The Morgan fingerprint density at radius 3 is 2.36 bits per heavy atom. The van der Waals surface area contributed by atoms with Crippen molar-refractivity contribution in [3.05, 3.63) is 89.1 Å². The van der Waals surface area contributed by atoms with Crippen LogP contribution in [-0.4, -0.2) is 85.6 Å². The fraction of sp³-hybridized carbons (Fsp3) is 0.355. The molecule has 0 saturated carbocycles. The van der Waals surface area contributed by atoms with Crippen molar-refractivity contribution in [2.24, 2.45) is 0 Å². The molecule has 3 aromatic rings. The van der Waals surface area contributed by atoms with Crippen LogP contribution in [-0.2, 0) is 24.3 Å². The number of carboxylic acids is 1. The van der Waals surface area contributed by atoms with Gasteiger partial charge in [0.1, 0.15) is 18.5 Å². The van der Waals surface area contributed by atoms with Gasteiger partial charge in [-0.1, -0.05) is 42.0 Å². The molecule has 2 heterocycles. The van der Waals surface area contributed by atoms with Crippen LogP contribution < -0.4 is 15.4 Å². The fourth-order valence-electron chi connectivity index (χ4n) is 5.35. The number of carbonyl (C=O) groups excluding carboxylic acids is 2.